The molecule has 0 bridgehead atoms. The number of carbonyl (C=O) groups excluding carboxylic acids is 1. The number of carbonyl (C=O) groups is 1. The zero-order valence-electron chi connectivity index (χ0n) is 12.9. The highest BCUT2D eigenvalue weighted by Gasteiger charge is 2.19. The SMILES string of the molecule is Cc1ccc([N+](=O)[O-])c(NC(=O)COc2ccc(F)c(F)c2)c1C. The van der Waals surface area contributed by atoms with E-state index in [0.717, 1.165) is 17.7 Å². The van der Waals surface area contributed by atoms with Gasteiger partial charge in [-0.05, 0) is 37.1 Å². The second kappa shape index (κ2) is 7.03. The molecule has 0 atom stereocenters. The molecule has 0 aliphatic rings. The van der Waals surface area contributed by atoms with Crippen molar-refractivity contribution in [1.82, 2.24) is 0 Å². The Balaban J connectivity index is 2.11. The van der Waals surface area contributed by atoms with Crippen LogP contribution in [-0.2, 0) is 4.79 Å². The maximum Gasteiger partial charge on any atom is 0.293 e. The van der Waals surface area contributed by atoms with Crippen molar-refractivity contribution in [1.29, 1.82) is 0 Å². The average molecular weight is 336 g/mol. The molecule has 0 aliphatic carbocycles. The van der Waals surface area contributed by atoms with Crippen molar-refractivity contribution in [2.24, 2.45) is 0 Å². The van der Waals surface area contributed by atoms with Crippen LogP contribution >= 0.6 is 0 Å². The lowest BCUT2D eigenvalue weighted by atomic mass is 10.1. The first-order chi connectivity index (χ1) is 11.3. The molecule has 0 saturated carbocycles. The number of nitro benzene ring substituents is 1. The van der Waals surface area contributed by atoms with E-state index >= 15 is 0 Å². The number of halogens is 2. The minimum atomic E-state index is -1.10. The summed E-state index contributed by atoms with van der Waals surface area (Å²) in [6.45, 7) is 2.90. The fourth-order valence-electron chi connectivity index (χ4n) is 2.00. The number of nitrogens with one attached hydrogen (secondary N) is 1. The third kappa shape index (κ3) is 3.83. The Kier molecular flexibility index (Phi) is 5.08. The molecule has 0 radical (unpaired) electrons. The molecule has 8 heteroatoms. The highest BCUT2D eigenvalue weighted by molar-refractivity contribution is 5.95. The van der Waals surface area contributed by atoms with Gasteiger partial charge in [0.15, 0.2) is 18.2 Å². The van der Waals surface area contributed by atoms with Gasteiger partial charge >= 0.3 is 0 Å². The van der Waals surface area contributed by atoms with Crippen LogP contribution in [0.25, 0.3) is 0 Å². The largest absolute Gasteiger partial charge is 0.484 e. The van der Waals surface area contributed by atoms with Crippen molar-refractivity contribution < 1.29 is 23.2 Å². The summed E-state index contributed by atoms with van der Waals surface area (Å²) in [7, 11) is 0. The summed E-state index contributed by atoms with van der Waals surface area (Å²) in [5.41, 5.74) is 1.18. The summed E-state index contributed by atoms with van der Waals surface area (Å²) in [5.74, 6) is -2.81. The normalized spacial score (nSPS) is 10.3. The van der Waals surface area contributed by atoms with E-state index in [1.165, 1.54) is 12.1 Å². The number of ether oxygens (including phenoxy) is 1. The number of nitro groups is 1. The van der Waals surface area contributed by atoms with Crippen molar-refractivity contribution >= 4 is 17.3 Å². The molecule has 6 nitrogen and oxygen atoms in total. The van der Waals surface area contributed by atoms with Gasteiger partial charge in [0.1, 0.15) is 11.4 Å². The van der Waals surface area contributed by atoms with Gasteiger partial charge < -0.3 is 10.1 Å². The van der Waals surface area contributed by atoms with Crippen LogP contribution in [0.15, 0.2) is 30.3 Å². The predicted molar refractivity (Wildman–Crippen MR) is 83.1 cm³/mol. The first kappa shape index (κ1) is 17.3. The standard InChI is InChI=1S/C16H14F2N2O4/c1-9-3-6-14(20(22)23)16(10(9)2)19-15(21)8-24-11-4-5-12(17)13(18)7-11/h3-7H,8H2,1-2H3,(H,19,21). The highest BCUT2D eigenvalue weighted by Crippen LogP contribution is 2.30. The van der Waals surface area contributed by atoms with E-state index in [1.54, 1.807) is 19.9 Å². The van der Waals surface area contributed by atoms with Crippen LogP contribution in [0.4, 0.5) is 20.2 Å². The number of anilines is 1. The van der Waals surface area contributed by atoms with Gasteiger partial charge in [-0.2, -0.15) is 0 Å². The lowest BCUT2D eigenvalue weighted by molar-refractivity contribution is -0.384. The Hall–Kier alpha value is -3.03. The number of rotatable bonds is 5. The summed E-state index contributed by atoms with van der Waals surface area (Å²) in [6, 6.07) is 5.74. The third-order valence-electron chi connectivity index (χ3n) is 3.44. The second-order valence-corrected chi connectivity index (χ2v) is 5.07. The molecule has 126 valence electrons. The molecule has 1 amide bonds. The first-order valence-electron chi connectivity index (χ1n) is 6.92. The maximum absolute atomic E-state index is 13.1. The minimum absolute atomic E-state index is 0.0282. The molecule has 0 unspecified atom stereocenters. The number of hydrogen-bond acceptors (Lipinski definition) is 4. The second-order valence-electron chi connectivity index (χ2n) is 5.07. The number of hydrogen-bond donors (Lipinski definition) is 1. The topological polar surface area (TPSA) is 81.5 Å². The minimum Gasteiger partial charge on any atom is -0.484 e. The van der Waals surface area contributed by atoms with Gasteiger partial charge in [-0.25, -0.2) is 8.78 Å². The molecule has 0 aliphatic heterocycles. The van der Waals surface area contributed by atoms with E-state index in [4.69, 9.17) is 4.74 Å². The van der Waals surface area contributed by atoms with E-state index in [0.29, 0.717) is 5.56 Å². The Labute approximate surface area is 136 Å². The molecule has 0 fully saturated rings. The van der Waals surface area contributed by atoms with Crippen LogP contribution in [0.3, 0.4) is 0 Å². The van der Waals surface area contributed by atoms with E-state index in [2.05, 4.69) is 5.32 Å². The Morgan fingerprint density at radius 3 is 2.54 bits per heavy atom. The van der Waals surface area contributed by atoms with Crippen LogP contribution in [0.2, 0.25) is 0 Å². The molecular formula is C16H14F2N2O4. The lowest BCUT2D eigenvalue weighted by Crippen LogP contribution is -2.21. The summed E-state index contributed by atoms with van der Waals surface area (Å²) in [5, 5.41) is 13.5. The van der Waals surface area contributed by atoms with Gasteiger partial charge in [-0.3, -0.25) is 14.9 Å². The summed E-state index contributed by atoms with van der Waals surface area (Å²) in [4.78, 5) is 22.4. The van der Waals surface area contributed by atoms with Crippen molar-refractivity contribution in [2.45, 2.75) is 13.8 Å². The van der Waals surface area contributed by atoms with Crippen LogP contribution in [-0.4, -0.2) is 17.4 Å². The predicted octanol–water partition coefficient (Wildman–Crippen LogP) is 3.51. The zero-order valence-corrected chi connectivity index (χ0v) is 12.9. The number of aryl methyl sites for hydroxylation is 1. The van der Waals surface area contributed by atoms with Gasteiger partial charge in [0.25, 0.3) is 11.6 Å². The Morgan fingerprint density at radius 1 is 1.21 bits per heavy atom. The summed E-state index contributed by atoms with van der Waals surface area (Å²) >= 11 is 0. The summed E-state index contributed by atoms with van der Waals surface area (Å²) in [6.07, 6.45) is 0. The first-order valence-corrected chi connectivity index (χ1v) is 6.92. The molecule has 2 rings (SSSR count). The zero-order chi connectivity index (χ0) is 17.9. The molecule has 24 heavy (non-hydrogen) atoms. The molecule has 0 saturated heterocycles. The summed E-state index contributed by atoms with van der Waals surface area (Å²) < 4.78 is 30.9. The van der Waals surface area contributed by atoms with Gasteiger partial charge in [-0.1, -0.05) is 6.07 Å². The highest BCUT2D eigenvalue weighted by atomic mass is 19.2. The van der Waals surface area contributed by atoms with Crippen LogP contribution in [0, 0.1) is 35.6 Å². The maximum atomic E-state index is 13.1. The van der Waals surface area contributed by atoms with Gasteiger partial charge in [0.05, 0.1) is 4.92 Å². The fraction of sp³-hybridized carbons (Fsp3) is 0.188. The number of benzene rings is 2. The average Bonchev–Trinajstić information content (AvgIpc) is 2.53. The fourth-order valence-corrected chi connectivity index (χ4v) is 2.00. The van der Waals surface area contributed by atoms with E-state index in [1.807, 2.05) is 0 Å². The molecule has 0 aromatic heterocycles. The molecule has 1 N–H and O–H groups in total. The van der Waals surface area contributed by atoms with Crippen molar-refractivity contribution in [2.75, 3.05) is 11.9 Å². The number of amides is 1. The Morgan fingerprint density at radius 2 is 1.92 bits per heavy atom. The van der Waals surface area contributed by atoms with Crippen LogP contribution < -0.4 is 10.1 Å². The van der Waals surface area contributed by atoms with Crippen molar-refractivity contribution in [3.8, 4) is 5.75 Å². The third-order valence-corrected chi connectivity index (χ3v) is 3.44. The van der Waals surface area contributed by atoms with Gasteiger partial charge in [0, 0.05) is 12.1 Å². The van der Waals surface area contributed by atoms with E-state index in [-0.39, 0.29) is 17.1 Å². The van der Waals surface area contributed by atoms with Crippen molar-refractivity contribution in [3.05, 3.63) is 63.2 Å². The molecule has 0 heterocycles. The van der Waals surface area contributed by atoms with E-state index in [9.17, 15) is 23.7 Å². The monoisotopic (exact) mass is 336 g/mol. The lowest BCUT2D eigenvalue weighted by Gasteiger charge is -2.12. The Bertz CT molecular complexity index is 809. The molecular weight excluding hydrogens is 322 g/mol. The quantitative estimate of drug-likeness (QED) is 0.669. The van der Waals surface area contributed by atoms with Crippen LogP contribution in [0.5, 0.6) is 5.75 Å². The van der Waals surface area contributed by atoms with E-state index < -0.39 is 29.1 Å². The number of nitrogens with zero attached hydrogens (tertiary/aromatic N) is 1. The van der Waals surface area contributed by atoms with Gasteiger partial charge in [-0.15, -0.1) is 0 Å². The molecule has 2 aromatic carbocycles. The van der Waals surface area contributed by atoms with Crippen LogP contribution in [0.1, 0.15) is 11.1 Å². The van der Waals surface area contributed by atoms with Gasteiger partial charge in [0.2, 0.25) is 0 Å². The smallest absolute Gasteiger partial charge is 0.293 e. The van der Waals surface area contributed by atoms with Crippen molar-refractivity contribution in [3.63, 3.8) is 0 Å². The molecule has 2 aromatic rings. The molecule has 0 spiro atoms.